The lowest BCUT2D eigenvalue weighted by molar-refractivity contribution is -0.384. The number of nitro groups is 1. The van der Waals surface area contributed by atoms with Crippen molar-refractivity contribution in [1.82, 2.24) is 0 Å². The van der Waals surface area contributed by atoms with E-state index in [1.807, 2.05) is 0 Å². The molecule has 22 heavy (non-hydrogen) atoms. The van der Waals surface area contributed by atoms with Crippen LogP contribution in [0.15, 0.2) is 45.6 Å². The standard InChI is InChI=1S/C14H7F2NO5/c15-14(16)22-11-3-1-2-10-12(11)8-5-4-7(17(19)20)6-9(8)13(18)21-10/h1-6,14H. The highest BCUT2D eigenvalue weighted by Crippen LogP contribution is 2.33. The monoisotopic (exact) mass is 307 g/mol. The van der Waals surface area contributed by atoms with Crippen molar-refractivity contribution in [2.45, 2.75) is 6.61 Å². The van der Waals surface area contributed by atoms with Gasteiger partial charge in [-0.15, -0.1) is 0 Å². The lowest BCUT2D eigenvalue weighted by Crippen LogP contribution is -2.05. The Morgan fingerprint density at radius 3 is 2.64 bits per heavy atom. The Kier molecular flexibility index (Phi) is 3.21. The normalized spacial score (nSPS) is 11.2. The highest BCUT2D eigenvalue weighted by Gasteiger charge is 2.17. The maximum absolute atomic E-state index is 12.5. The molecule has 8 heteroatoms. The second-order valence-corrected chi connectivity index (χ2v) is 4.38. The summed E-state index contributed by atoms with van der Waals surface area (Å²) >= 11 is 0. The summed E-state index contributed by atoms with van der Waals surface area (Å²) in [4.78, 5) is 22.0. The Bertz CT molecular complexity index is 951. The molecule has 0 aliphatic carbocycles. The fourth-order valence-electron chi connectivity index (χ4n) is 2.24. The van der Waals surface area contributed by atoms with E-state index in [0.29, 0.717) is 0 Å². The van der Waals surface area contributed by atoms with Crippen LogP contribution in [0.1, 0.15) is 0 Å². The number of ether oxygens (including phenoxy) is 1. The van der Waals surface area contributed by atoms with Gasteiger partial charge < -0.3 is 9.15 Å². The molecular formula is C14H7F2NO5. The number of hydrogen-bond donors (Lipinski definition) is 0. The maximum Gasteiger partial charge on any atom is 0.387 e. The van der Waals surface area contributed by atoms with E-state index < -0.39 is 17.2 Å². The Labute approximate surface area is 120 Å². The molecule has 0 unspecified atom stereocenters. The third kappa shape index (κ3) is 2.24. The van der Waals surface area contributed by atoms with E-state index in [4.69, 9.17) is 4.42 Å². The molecule has 0 bridgehead atoms. The van der Waals surface area contributed by atoms with E-state index in [-0.39, 0.29) is 33.2 Å². The number of alkyl halides is 2. The van der Waals surface area contributed by atoms with Crippen molar-refractivity contribution in [3.05, 3.63) is 56.9 Å². The van der Waals surface area contributed by atoms with Crippen LogP contribution in [0.4, 0.5) is 14.5 Å². The highest BCUT2D eigenvalue weighted by molar-refractivity contribution is 6.08. The van der Waals surface area contributed by atoms with Crippen molar-refractivity contribution < 1.29 is 22.9 Å². The molecule has 0 aliphatic rings. The third-order valence-corrected chi connectivity index (χ3v) is 3.11. The van der Waals surface area contributed by atoms with Crippen molar-refractivity contribution in [1.29, 1.82) is 0 Å². The minimum atomic E-state index is -3.05. The molecule has 3 aromatic rings. The van der Waals surface area contributed by atoms with Crippen LogP contribution in [0, 0.1) is 10.1 Å². The summed E-state index contributed by atoms with van der Waals surface area (Å²) in [6.45, 7) is -3.05. The van der Waals surface area contributed by atoms with E-state index in [0.717, 1.165) is 6.07 Å². The molecule has 0 spiro atoms. The summed E-state index contributed by atoms with van der Waals surface area (Å²) in [6, 6.07) is 7.66. The summed E-state index contributed by atoms with van der Waals surface area (Å²) in [5.41, 5.74) is -1.03. The van der Waals surface area contributed by atoms with E-state index >= 15 is 0 Å². The molecule has 0 atom stereocenters. The first-order chi connectivity index (χ1) is 10.5. The molecule has 1 heterocycles. The van der Waals surface area contributed by atoms with Gasteiger partial charge in [-0.1, -0.05) is 6.07 Å². The smallest absolute Gasteiger partial charge is 0.387 e. The molecule has 0 fully saturated rings. The summed E-state index contributed by atoms with van der Waals surface area (Å²) in [5, 5.41) is 11.1. The fraction of sp³-hybridized carbons (Fsp3) is 0.0714. The first kappa shape index (κ1) is 13.9. The summed E-state index contributed by atoms with van der Waals surface area (Å²) < 4.78 is 34.4. The van der Waals surface area contributed by atoms with Gasteiger partial charge in [-0.3, -0.25) is 10.1 Å². The van der Waals surface area contributed by atoms with E-state index in [1.54, 1.807) is 0 Å². The predicted octanol–water partition coefficient (Wildman–Crippen LogP) is 3.46. The molecule has 0 amide bonds. The number of halogens is 2. The first-order valence-corrected chi connectivity index (χ1v) is 6.06. The number of rotatable bonds is 3. The van der Waals surface area contributed by atoms with Crippen molar-refractivity contribution in [2.24, 2.45) is 0 Å². The summed E-state index contributed by atoms with van der Waals surface area (Å²) in [7, 11) is 0. The van der Waals surface area contributed by atoms with Crippen LogP contribution < -0.4 is 10.4 Å². The zero-order valence-corrected chi connectivity index (χ0v) is 10.8. The van der Waals surface area contributed by atoms with E-state index in [1.165, 1.54) is 30.3 Å². The number of benzene rings is 2. The van der Waals surface area contributed by atoms with Crippen LogP contribution in [0.5, 0.6) is 5.75 Å². The van der Waals surface area contributed by atoms with E-state index in [9.17, 15) is 23.7 Å². The zero-order chi connectivity index (χ0) is 15.9. The van der Waals surface area contributed by atoms with Crippen LogP contribution in [-0.4, -0.2) is 11.5 Å². The van der Waals surface area contributed by atoms with Crippen molar-refractivity contribution in [3.8, 4) is 5.75 Å². The molecule has 0 saturated carbocycles. The van der Waals surface area contributed by atoms with Crippen molar-refractivity contribution in [2.75, 3.05) is 0 Å². The first-order valence-electron chi connectivity index (χ1n) is 6.06. The predicted molar refractivity (Wildman–Crippen MR) is 73.3 cm³/mol. The fourth-order valence-corrected chi connectivity index (χ4v) is 2.24. The van der Waals surface area contributed by atoms with E-state index in [2.05, 4.69) is 4.74 Å². The van der Waals surface area contributed by atoms with Gasteiger partial charge in [0.05, 0.1) is 15.7 Å². The number of non-ortho nitro benzene ring substituents is 1. The van der Waals surface area contributed by atoms with Crippen molar-refractivity contribution >= 4 is 27.4 Å². The molecule has 0 radical (unpaired) electrons. The number of nitro benzene ring substituents is 1. The van der Waals surface area contributed by atoms with Crippen LogP contribution >= 0.6 is 0 Å². The van der Waals surface area contributed by atoms with Gasteiger partial charge in [0.25, 0.3) is 5.69 Å². The van der Waals surface area contributed by atoms with Gasteiger partial charge in [0.15, 0.2) is 0 Å². The van der Waals surface area contributed by atoms with Crippen LogP contribution in [0.25, 0.3) is 21.7 Å². The molecule has 2 aromatic carbocycles. The average Bonchev–Trinajstić information content (AvgIpc) is 2.46. The Morgan fingerprint density at radius 1 is 1.18 bits per heavy atom. The van der Waals surface area contributed by atoms with Gasteiger partial charge in [0.2, 0.25) is 0 Å². The van der Waals surface area contributed by atoms with Crippen LogP contribution in [0.2, 0.25) is 0 Å². The number of hydrogen-bond acceptors (Lipinski definition) is 5. The SMILES string of the molecule is O=c1oc2cccc(OC(F)F)c2c2ccc([N+](=O)[O-])cc12. The zero-order valence-electron chi connectivity index (χ0n) is 10.8. The topological polar surface area (TPSA) is 82.6 Å². The summed E-state index contributed by atoms with van der Waals surface area (Å²) in [5.74, 6) is -0.171. The number of nitrogens with zero attached hydrogens (tertiary/aromatic N) is 1. The van der Waals surface area contributed by atoms with Gasteiger partial charge >= 0.3 is 12.2 Å². The molecule has 0 saturated heterocycles. The molecule has 1 aromatic heterocycles. The number of fused-ring (bicyclic) bond motifs is 3. The third-order valence-electron chi connectivity index (χ3n) is 3.11. The van der Waals surface area contributed by atoms with Gasteiger partial charge in [0, 0.05) is 17.5 Å². The van der Waals surface area contributed by atoms with Gasteiger partial charge in [-0.25, -0.2) is 4.79 Å². The van der Waals surface area contributed by atoms with Gasteiger partial charge in [-0.2, -0.15) is 8.78 Å². The van der Waals surface area contributed by atoms with Crippen LogP contribution in [-0.2, 0) is 0 Å². The average molecular weight is 307 g/mol. The highest BCUT2D eigenvalue weighted by atomic mass is 19.3. The Hall–Kier alpha value is -3.03. The molecule has 6 nitrogen and oxygen atoms in total. The van der Waals surface area contributed by atoms with Gasteiger partial charge in [0.1, 0.15) is 11.3 Å². The minimum absolute atomic E-state index is 0.0597. The lowest BCUT2D eigenvalue weighted by Gasteiger charge is -2.09. The molecule has 112 valence electrons. The second-order valence-electron chi connectivity index (χ2n) is 4.38. The summed E-state index contributed by atoms with van der Waals surface area (Å²) in [6.07, 6.45) is 0. The van der Waals surface area contributed by atoms with Gasteiger partial charge in [-0.05, 0) is 18.2 Å². The molecule has 3 rings (SSSR count). The van der Waals surface area contributed by atoms with Crippen LogP contribution in [0.3, 0.4) is 0 Å². The Balaban J connectivity index is 2.42. The second kappa shape index (κ2) is 5.06. The lowest BCUT2D eigenvalue weighted by atomic mass is 10.1. The Morgan fingerprint density at radius 2 is 1.95 bits per heavy atom. The molecule has 0 N–H and O–H groups in total. The molecule has 0 aliphatic heterocycles. The quantitative estimate of drug-likeness (QED) is 0.320. The molecular weight excluding hydrogens is 300 g/mol. The minimum Gasteiger partial charge on any atom is -0.434 e. The maximum atomic E-state index is 12.5. The van der Waals surface area contributed by atoms with Crippen molar-refractivity contribution in [3.63, 3.8) is 0 Å². The largest absolute Gasteiger partial charge is 0.434 e.